The van der Waals surface area contributed by atoms with Crippen molar-refractivity contribution >= 4 is 37.7 Å². The number of hydrogen-bond acceptors (Lipinski definition) is 0. The summed E-state index contributed by atoms with van der Waals surface area (Å²) in [6.45, 7) is 0.718. The SMILES string of the molecule is Fc1ccc(C[n+]2ccc3c(c2)[nH]c2ccc(Br)cc23)cc1.[Br-]. The number of rotatable bonds is 2. The van der Waals surface area contributed by atoms with Crippen molar-refractivity contribution in [3.63, 3.8) is 0 Å². The lowest BCUT2D eigenvalue weighted by Gasteiger charge is -1.98. The molecule has 4 aromatic rings. The third kappa shape index (κ3) is 3.16. The highest BCUT2D eigenvalue weighted by molar-refractivity contribution is 9.10. The van der Waals surface area contributed by atoms with Crippen LogP contribution < -0.4 is 21.5 Å². The summed E-state index contributed by atoms with van der Waals surface area (Å²) in [4.78, 5) is 3.44. The van der Waals surface area contributed by atoms with Crippen LogP contribution in [0.4, 0.5) is 4.39 Å². The second-order valence-corrected chi connectivity index (χ2v) is 6.30. The van der Waals surface area contributed by atoms with E-state index in [1.54, 1.807) is 0 Å². The Morgan fingerprint density at radius 3 is 2.52 bits per heavy atom. The van der Waals surface area contributed by atoms with Gasteiger partial charge in [0.15, 0.2) is 18.9 Å². The number of aromatic nitrogens is 2. The second kappa shape index (κ2) is 6.42. The van der Waals surface area contributed by atoms with Gasteiger partial charge in [-0.15, -0.1) is 0 Å². The topological polar surface area (TPSA) is 19.7 Å². The molecule has 0 saturated carbocycles. The number of nitrogens with one attached hydrogen (secondary N) is 1. The molecule has 0 amide bonds. The maximum absolute atomic E-state index is 13.0. The maximum atomic E-state index is 13.0. The van der Waals surface area contributed by atoms with E-state index in [0.717, 1.165) is 27.6 Å². The van der Waals surface area contributed by atoms with Crippen LogP contribution in [-0.2, 0) is 6.54 Å². The number of nitrogens with zero attached hydrogens (tertiary/aromatic N) is 1. The minimum atomic E-state index is -0.203. The molecule has 0 bridgehead atoms. The number of aromatic amines is 1. The number of fused-ring (bicyclic) bond motifs is 3. The van der Waals surface area contributed by atoms with Crippen molar-refractivity contribution in [1.82, 2.24) is 4.98 Å². The summed E-state index contributed by atoms with van der Waals surface area (Å²) in [5, 5.41) is 2.41. The summed E-state index contributed by atoms with van der Waals surface area (Å²) in [6, 6.07) is 15.0. The second-order valence-electron chi connectivity index (χ2n) is 5.39. The van der Waals surface area contributed by atoms with Crippen LogP contribution in [0.1, 0.15) is 5.56 Å². The third-order valence-corrected chi connectivity index (χ3v) is 4.33. The Balaban J connectivity index is 0.00000156. The highest BCUT2D eigenvalue weighted by atomic mass is 79.9. The van der Waals surface area contributed by atoms with Crippen LogP contribution in [-0.4, -0.2) is 4.98 Å². The van der Waals surface area contributed by atoms with E-state index >= 15 is 0 Å². The summed E-state index contributed by atoms with van der Waals surface area (Å²) in [5.41, 5.74) is 3.29. The molecule has 0 atom stereocenters. The average Bonchev–Trinajstić information content (AvgIpc) is 2.87. The fourth-order valence-electron chi connectivity index (χ4n) is 2.77. The molecule has 2 nitrogen and oxygen atoms in total. The highest BCUT2D eigenvalue weighted by Crippen LogP contribution is 2.26. The Kier molecular flexibility index (Phi) is 4.50. The monoisotopic (exact) mass is 434 g/mol. The van der Waals surface area contributed by atoms with E-state index in [0.29, 0.717) is 0 Å². The number of pyridine rings is 1. The predicted octanol–water partition coefficient (Wildman–Crippen LogP) is 1.56. The summed E-state index contributed by atoms with van der Waals surface area (Å²) >= 11 is 3.52. The van der Waals surface area contributed by atoms with Crippen LogP contribution in [0.15, 0.2) is 65.4 Å². The minimum Gasteiger partial charge on any atom is -1.00 e. The molecule has 2 heterocycles. The van der Waals surface area contributed by atoms with E-state index in [-0.39, 0.29) is 22.8 Å². The van der Waals surface area contributed by atoms with Crippen molar-refractivity contribution in [3.8, 4) is 0 Å². The Labute approximate surface area is 151 Å². The van der Waals surface area contributed by atoms with Gasteiger partial charge in [-0.1, -0.05) is 15.9 Å². The van der Waals surface area contributed by atoms with Gasteiger partial charge in [-0.3, -0.25) is 0 Å². The Morgan fingerprint density at radius 1 is 0.957 bits per heavy atom. The zero-order chi connectivity index (χ0) is 15.1. The molecule has 2 aromatic carbocycles. The Hall–Kier alpha value is -1.72. The molecule has 0 aliphatic carbocycles. The molecule has 5 heteroatoms. The Morgan fingerprint density at radius 2 is 1.74 bits per heavy atom. The van der Waals surface area contributed by atoms with Crippen molar-refractivity contribution in [2.24, 2.45) is 0 Å². The summed E-state index contributed by atoms with van der Waals surface area (Å²) < 4.78 is 16.1. The average molecular weight is 436 g/mol. The van der Waals surface area contributed by atoms with Gasteiger partial charge in [0, 0.05) is 32.4 Å². The van der Waals surface area contributed by atoms with E-state index < -0.39 is 0 Å². The molecular formula is C18H13Br2FN2. The summed E-state index contributed by atoms with van der Waals surface area (Å²) in [6.07, 6.45) is 4.15. The van der Waals surface area contributed by atoms with Crippen LogP contribution in [0.5, 0.6) is 0 Å². The number of H-pyrrole nitrogens is 1. The zero-order valence-electron chi connectivity index (χ0n) is 12.1. The van der Waals surface area contributed by atoms with Gasteiger partial charge in [0.2, 0.25) is 0 Å². The first-order valence-electron chi connectivity index (χ1n) is 7.03. The molecule has 23 heavy (non-hydrogen) atoms. The summed E-state index contributed by atoms with van der Waals surface area (Å²) in [5.74, 6) is -0.203. The van der Waals surface area contributed by atoms with Crippen molar-refractivity contribution in [2.45, 2.75) is 6.54 Å². The van der Waals surface area contributed by atoms with Crippen molar-refractivity contribution in [1.29, 1.82) is 0 Å². The van der Waals surface area contributed by atoms with Gasteiger partial charge in [-0.2, -0.15) is 4.57 Å². The fourth-order valence-corrected chi connectivity index (χ4v) is 3.13. The molecule has 0 aliphatic rings. The van der Waals surface area contributed by atoms with E-state index in [9.17, 15) is 4.39 Å². The molecule has 0 aliphatic heterocycles. The van der Waals surface area contributed by atoms with Gasteiger partial charge in [0.1, 0.15) is 11.3 Å². The van der Waals surface area contributed by atoms with E-state index in [4.69, 9.17) is 0 Å². The highest BCUT2D eigenvalue weighted by Gasteiger charge is 2.10. The molecular weight excluding hydrogens is 423 g/mol. The molecule has 116 valence electrons. The van der Waals surface area contributed by atoms with Crippen LogP contribution in [0.2, 0.25) is 0 Å². The van der Waals surface area contributed by atoms with Crippen molar-refractivity contribution < 1.29 is 25.9 Å². The lowest BCUT2D eigenvalue weighted by atomic mass is 10.2. The lowest BCUT2D eigenvalue weighted by Crippen LogP contribution is -3.00. The van der Waals surface area contributed by atoms with Gasteiger partial charge in [0.05, 0.1) is 0 Å². The first-order valence-corrected chi connectivity index (χ1v) is 7.83. The number of halogens is 3. The predicted molar refractivity (Wildman–Crippen MR) is 89.2 cm³/mol. The zero-order valence-corrected chi connectivity index (χ0v) is 15.2. The molecule has 1 N–H and O–H groups in total. The standard InChI is InChI=1S/C18H12BrFN2.BrH/c19-13-3-6-17-16(9-13)15-7-8-22(11-18(15)21-17)10-12-1-4-14(20)5-2-12;/h1-9,11H,10H2;1H. The number of benzene rings is 2. The molecule has 0 fully saturated rings. The maximum Gasteiger partial charge on any atom is 0.193 e. The Bertz CT molecular complexity index is 978. The molecule has 0 unspecified atom stereocenters. The first-order chi connectivity index (χ1) is 10.7. The molecule has 0 radical (unpaired) electrons. The molecule has 4 rings (SSSR count). The first kappa shape index (κ1) is 16.1. The third-order valence-electron chi connectivity index (χ3n) is 3.84. The van der Waals surface area contributed by atoms with Gasteiger partial charge >= 0.3 is 0 Å². The van der Waals surface area contributed by atoms with Crippen LogP contribution in [0, 0.1) is 5.82 Å². The molecule has 2 aromatic heterocycles. The van der Waals surface area contributed by atoms with Gasteiger partial charge in [0.25, 0.3) is 0 Å². The smallest absolute Gasteiger partial charge is 0.193 e. The summed E-state index contributed by atoms with van der Waals surface area (Å²) in [7, 11) is 0. The lowest BCUT2D eigenvalue weighted by molar-refractivity contribution is -0.687. The van der Waals surface area contributed by atoms with Gasteiger partial charge in [-0.05, 0) is 42.5 Å². The number of hydrogen-bond donors (Lipinski definition) is 1. The van der Waals surface area contributed by atoms with Gasteiger partial charge < -0.3 is 22.0 Å². The van der Waals surface area contributed by atoms with E-state index in [1.165, 1.54) is 22.9 Å². The molecule has 0 spiro atoms. The van der Waals surface area contributed by atoms with Crippen LogP contribution in [0.3, 0.4) is 0 Å². The largest absolute Gasteiger partial charge is 1.00 e. The quantitative estimate of drug-likeness (QED) is 0.461. The van der Waals surface area contributed by atoms with E-state index in [1.807, 2.05) is 18.2 Å². The minimum absolute atomic E-state index is 0. The molecule has 0 saturated heterocycles. The van der Waals surface area contributed by atoms with E-state index in [2.05, 4.69) is 56.1 Å². The van der Waals surface area contributed by atoms with Gasteiger partial charge in [-0.25, -0.2) is 4.39 Å². The van der Waals surface area contributed by atoms with Crippen molar-refractivity contribution in [3.05, 3.63) is 76.8 Å². The van der Waals surface area contributed by atoms with Crippen LogP contribution >= 0.6 is 15.9 Å². The van der Waals surface area contributed by atoms with Crippen LogP contribution in [0.25, 0.3) is 21.8 Å². The fraction of sp³-hybridized carbons (Fsp3) is 0.0556. The van der Waals surface area contributed by atoms with Crippen molar-refractivity contribution in [2.75, 3.05) is 0 Å². The normalized spacial score (nSPS) is 10.9.